The largest absolute Gasteiger partial charge is 0.352 e. The van der Waals surface area contributed by atoms with Gasteiger partial charge in [0, 0.05) is 16.5 Å². The molecular formula is C22H28FNO2S. The molecule has 4 aliphatic rings. The molecule has 0 heterocycles. The minimum Gasteiger partial charge on any atom is -0.352 e. The Hall–Kier alpha value is -1.36. The number of halogens is 1. The highest BCUT2D eigenvalue weighted by Crippen LogP contribution is 2.61. The average Bonchev–Trinajstić information content (AvgIpc) is 2.59. The van der Waals surface area contributed by atoms with Crippen molar-refractivity contribution < 1.29 is 14.0 Å². The van der Waals surface area contributed by atoms with E-state index in [1.54, 1.807) is 12.1 Å². The van der Waals surface area contributed by atoms with Gasteiger partial charge in [0.2, 0.25) is 5.91 Å². The summed E-state index contributed by atoms with van der Waals surface area (Å²) in [5.41, 5.74) is 0.639. The summed E-state index contributed by atoms with van der Waals surface area (Å²) < 4.78 is 14.1. The van der Waals surface area contributed by atoms with Crippen LogP contribution in [0, 0.1) is 29.0 Å². The summed E-state index contributed by atoms with van der Waals surface area (Å²) in [5, 5.41) is 3.22. The number of Topliss-reactive ketones (excluding diaryl/α,β-unsaturated/α-hetero) is 1. The lowest BCUT2D eigenvalue weighted by atomic mass is 9.48. The van der Waals surface area contributed by atoms with Crippen molar-refractivity contribution in [1.82, 2.24) is 5.32 Å². The van der Waals surface area contributed by atoms with Crippen molar-refractivity contribution in [3.8, 4) is 0 Å². The van der Waals surface area contributed by atoms with Gasteiger partial charge in [-0.3, -0.25) is 9.59 Å². The van der Waals surface area contributed by atoms with Crippen LogP contribution in [0.25, 0.3) is 0 Å². The van der Waals surface area contributed by atoms with E-state index in [9.17, 15) is 14.0 Å². The molecule has 0 radical (unpaired) electrons. The molecule has 1 aromatic carbocycles. The third-order valence-electron chi connectivity index (χ3n) is 7.08. The molecule has 146 valence electrons. The zero-order valence-electron chi connectivity index (χ0n) is 16.1. The molecule has 4 fully saturated rings. The number of benzene rings is 1. The number of rotatable bonds is 6. The molecule has 5 heteroatoms. The van der Waals surface area contributed by atoms with Gasteiger partial charge in [0.05, 0.1) is 5.75 Å². The van der Waals surface area contributed by atoms with E-state index >= 15 is 0 Å². The first-order chi connectivity index (χ1) is 12.8. The van der Waals surface area contributed by atoms with Gasteiger partial charge in [0.25, 0.3) is 0 Å². The van der Waals surface area contributed by atoms with E-state index in [0.717, 1.165) is 17.8 Å². The minimum atomic E-state index is -0.436. The van der Waals surface area contributed by atoms with E-state index in [-0.39, 0.29) is 28.9 Å². The normalized spacial score (nSPS) is 32.3. The zero-order chi connectivity index (χ0) is 19.2. The van der Waals surface area contributed by atoms with Crippen LogP contribution in [-0.2, 0) is 4.79 Å². The van der Waals surface area contributed by atoms with E-state index in [4.69, 9.17) is 0 Å². The molecule has 0 aliphatic heterocycles. The average molecular weight is 390 g/mol. The van der Waals surface area contributed by atoms with E-state index in [2.05, 4.69) is 12.2 Å². The van der Waals surface area contributed by atoms with Crippen LogP contribution in [0.2, 0.25) is 0 Å². The van der Waals surface area contributed by atoms with E-state index in [1.165, 1.54) is 63.3 Å². The molecule has 0 spiro atoms. The van der Waals surface area contributed by atoms with Gasteiger partial charge in [0.15, 0.2) is 5.78 Å². The van der Waals surface area contributed by atoms with Crippen LogP contribution in [0.4, 0.5) is 4.39 Å². The van der Waals surface area contributed by atoms with Crippen molar-refractivity contribution in [2.45, 2.75) is 63.3 Å². The van der Waals surface area contributed by atoms with Crippen molar-refractivity contribution in [3.63, 3.8) is 0 Å². The van der Waals surface area contributed by atoms with Gasteiger partial charge < -0.3 is 5.32 Å². The van der Waals surface area contributed by atoms with Crippen LogP contribution < -0.4 is 5.32 Å². The molecule has 1 atom stereocenters. The maximum atomic E-state index is 14.1. The number of thioether (sulfide) groups is 1. The Bertz CT molecular complexity index is 727. The first-order valence-electron chi connectivity index (χ1n) is 10.1. The summed E-state index contributed by atoms with van der Waals surface area (Å²) in [7, 11) is 0. The summed E-state index contributed by atoms with van der Waals surface area (Å²) in [6.45, 7) is 3.58. The van der Waals surface area contributed by atoms with Crippen molar-refractivity contribution in [1.29, 1.82) is 0 Å². The lowest BCUT2D eigenvalue weighted by Gasteiger charge is -2.59. The van der Waals surface area contributed by atoms with Gasteiger partial charge in [-0.1, -0.05) is 6.07 Å². The van der Waals surface area contributed by atoms with Crippen LogP contribution in [0.3, 0.4) is 0 Å². The summed E-state index contributed by atoms with van der Waals surface area (Å²) in [6, 6.07) is 4.64. The molecule has 1 aromatic rings. The molecule has 3 nitrogen and oxygen atoms in total. The molecule has 4 saturated carbocycles. The van der Waals surface area contributed by atoms with Gasteiger partial charge in [-0.25, -0.2) is 4.39 Å². The second-order valence-electron chi connectivity index (χ2n) is 9.06. The van der Waals surface area contributed by atoms with Crippen LogP contribution in [0.1, 0.15) is 62.7 Å². The maximum Gasteiger partial charge on any atom is 0.230 e. The number of carbonyl (C=O) groups excluding carboxylic acids is 2. The van der Waals surface area contributed by atoms with Gasteiger partial charge in [0.1, 0.15) is 5.82 Å². The fraction of sp³-hybridized carbons (Fsp3) is 0.636. The number of amides is 1. The van der Waals surface area contributed by atoms with Crippen molar-refractivity contribution in [2.75, 3.05) is 5.75 Å². The Morgan fingerprint density at radius 1 is 1.19 bits per heavy atom. The number of ketones is 1. The molecular weight excluding hydrogens is 361 g/mol. The number of carbonyl (C=O) groups is 2. The summed E-state index contributed by atoms with van der Waals surface area (Å²) >= 11 is 1.20. The standard InChI is InChI=1S/C22H28FNO2S/c1-13(25)18-3-4-20(19(23)8-18)27-12-21(26)24-14(2)22-9-15-5-16(10-22)7-17(6-15)11-22/h3-4,8,14-17H,5-7,9-12H2,1-2H3,(H,24,26). The smallest absolute Gasteiger partial charge is 0.230 e. The molecule has 1 N–H and O–H groups in total. The molecule has 0 saturated heterocycles. The Kier molecular flexibility index (Phi) is 5.08. The molecule has 4 aliphatic carbocycles. The molecule has 0 aromatic heterocycles. The molecule has 4 bridgehead atoms. The zero-order valence-corrected chi connectivity index (χ0v) is 16.9. The number of hydrogen-bond acceptors (Lipinski definition) is 3. The fourth-order valence-electron chi connectivity index (χ4n) is 6.12. The monoisotopic (exact) mass is 389 g/mol. The highest BCUT2D eigenvalue weighted by atomic mass is 32.2. The van der Waals surface area contributed by atoms with Gasteiger partial charge in [-0.05, 0) is 87.7 Å². The lowest BCUT2D eigenvalue weighted by Crippen LogP contribution is -2.56. The quantitative estimate of drug-likeness (QED) is 0.559. The highest BCUT2D eigenvalue weighted by molar-refractivity contribution is 8.00. The van der Waals surface area contributed by atoms with Crippen LogP contribution in [-0.4, -0.2) is 23.5 Å². The first-order valence-corrected chi connectivity index (χ1v) is 11.1. The van der Waals surface area contributed by atoms with E-state index in [0.29, 0.717) is 10.5 Å². The van der Waals surface area contributed by atoms with Crippen LogP contribution in [0.15, 0.2) is 23.1 Å². The SMILES string of the molecule is CC(=O)c1ccc(SCC(=O)NC(C)C23CC4CC(CC(C4)C2)C3)c(F)c1. The van der Waals surface area contributed by atoms with E-state index in [1.807, 2.05) is 0 Å². The van der Waals surface area contributed by atoms with Crippen LogP contribution >= 0.6 is 11.8 Å². The minimum absolute atomic E-state index is 0.0294. The van der Waals surface area contributed by atoms with Crippen LogP contribution in [0.5, 0.6) is 0 Å². The molecule has 1 unspecified atom stereocenters. The van der Waals surface area contributed by atoms with Gasteiger partial charge >= 0.3 is 0 Å². The third kappa shape index (κ3) is 3.80. The highest BCUT2D eigenvalue weighted by Gasteiger charge is 2.53. The second-order valence-corrected chi connectivity index (χ2v) is 10.1. The molecule has 5 rings (SSSR count). The Morgan fingerprint density at radius 2 is 1.78 bits per heavy atom. The number of nitrogens with one attached hydrogen (secondary N) is 1. The second kappa shape index (κ2) is 7.23. The van der Waals surface area contributed by atoms with Gasteiger partial charge in [-0.2, -0.15) is 0 Å². The van der Waals surface area contributed by atoms with Crippen molar-refractivity contribution in [2.24, 2.45) is 23.2 Å². The summed E-state index contributed by atoms with van der Waals surface area (Å²) in [4.78, 5) is 24.2. The Labute approximate surface area is 164 Å². The van der Waals surface area contributed by atoms with Crippen molar-refractivity contribution in [3.05, 3.63) is 29.6 Å². The summed E-state index contributed by atoms with van der Waals surface area (Å²) in [5.74, 6) is 2.16. The predicted molar refractivity (Wildman–Crippen MR) is 105 cm³/mol. The maximum absolute atomic E-state index is 14.1. The first kappa shape index (κ1) is 19.0. The lowest BCUT2D eigenvalue weighted by molar-refractivity contribution is -0.123. The van der Waals surface area contributed by atoms with Gasteiger partial charge in [-0.15, -0.1) is 11.8 Å². The fourth-order valence-corrected chi connectivity index (χ4v) is 6.86. The Morgan fingerprint density at radius 3 is 2.30 bits per heavy atom. The number of hydrogen-bond donors (Lipinski definition) is 1. The van der Waals surface area contributed by atoms with E-state index < -0.39 is 5.82 Å². The third-order valence-corrected chi connectivity index (χ3v) is 8.13. The van der Waals surface area contributed by atoms with Crippen molar-refractivity contribution >= 4 is 23.5 Å². The predicted octanol–water partition coefficient (Wildman–Crippen LogP) is 4.84. The topological polar surface area (TPSA) is 46.2 Å². The molecule has 1 amide bonds. The molecule has 27 heavy (non-hydrogen) atoms. The Balaban J connectivity index is 1.34. The summed E-state index contributed by atoms with van der Waals surface area (Å²) in [6.07, 6.45) is 7.96.